The van der Waals surface area contributed by atoms with Crippen LogP contribution in [0.2, 0.25) is 0 Å². The van der Waals surface area contributed by atoms with Gasteiger partial charge < -0.3 is 10.3 Å². The van der Waals surface area contributed by atoms with Crippen LogP contribution in [0.5, 0.6) is 0 Å². The van der Waals surface area contributed by atoms with Crippen molar-refractivity contribution in [3.63, 3.8) is 0 Å². The van der Waals surface area contributed by atoms with Gasteiger partial charge in [0.2, 0.25) is 0 Å². The number of para-hydroxylation sites is 2. The Morgan fingerprint density at radius 2 is 1.84 bits per heavy atom. The van der Waals surface area contributed by atoms with Gasteiger partial charge in [0.25, 0.3) is 0 Å². The first-order valence-electron chi connectivity index (χ1n) is 6.28. The molecular formula is C14H15N5. The third-order valence-corrected chi connectivity index (χ3v) is 3.02. The predicted octanol–water partition coefficient (Wildman–Crippen LogP) is 1.38. The van der Waals surface area contributed by atoms with Gasteiger partial charge in [-0.15, -0.1) is 0 Å². The van der Waals surface area contributed by atoms with E-state index < -0.39 is 0 Å². The smallest absolute Gasteiger partial charge is 0.147 e. The third-order valence-electron chi connectivity index (χ3n) is 3.02. The molecule has 0 bridgehead atoms. The minimum Gasteiger partial charge on any atom is -0.330 e. The quantitative estimate of drug-likeness (QED) is 0.762. The van der Waals surface area contributed by atoms with Gasteiger partial charge in [-0.05, 0) is 24.7 Å². The number of nitrogens with two attached hydrogens (primary N) is 1. The van der Waals surface area contributed by atoms with Crippen molar-refractivity contribution in [2.45, 2.75) is 13.0 Å². The van der Waals surface area contributed by atoms with Gasteiger partial charge in [0.1, 0.15) is 11.6 Å². The zero-order valence-electron chi connectivity index (χ0n) is 10.5. The second-order valence-electron chi connectivity index (χ2n) is 4.31. The lowest BCUT2D eigenvalue weighted by atomic mass is 10.3. The fraction of sp³-hybridized carbons (Fsp3) is 0.214. The maximum atomic E-state index is 5.66. The lowest BCUT2D eigenvalue weighted by molar-refractivity contribution is 0.702. The Kier molecular flexibility index (Phi) is 3.20. The lowest BCUT2D eigenvalue weighted by Crippen LogP contribution is -2.12. The van der Waals surface area contributed by atoms with Gasteiger partial charge >= 0.3 is 0 Å². The Hall–Kier alpha value is -2.27. The minimum atomic E-state index is 0.582. The summed E-state index contributed by atoms with van der Waals surface area (Å²) in [6, 6.07) is 9.89. The molecule has 1 aromatic carbocycles. The molecule has 0 saturated heterocycles. The molecule has 2 heterocycles. The van der Waals surface area contributed by atoms with Crippen LogP contribution in [0.4, 0.5) is 0 Å². The topological polar surface area (TPSA) is 69.6 Å². The van der Waals surface area contributed by atoms with Crippen LogP contribution in [0.25, 0.3) is 11.0 Å². The summed E-state index contributed by atoms with van der Waals surface area (Å²) in [4.78, 5) is 13.2. The van der Waals surface area contributed by atoms with Crippen molar-refractivity contribution in [2.75, 3.05) is 6.54 Å². The fourth-order valence-corrected chi connectivity index (χ4v) is 2.17. The Bertz CT molecular complexity index is 675. The summed E-state index contributed by atoms with van der Waals surface area (Å²) < 4.78 is 2.14. The first-order valence-corrected chi connectivity index (χ1v) is 6.28. The summed E-state index contributed by atoms with van der Waals surface area (Å²) in [5, 5.41) is 0. The van der Waals surface area contributed by atoms with Crippen LogP contribution in [0.1, 0.15) is 11.6 Å². The molecular weight excluding hydrogens is 238 g/mol. The molecule has 0 aliphatic heterocycles. The van der Waals surface area contributed by atoms with Crippen molar-refractivity contribution >= 4 is 11.0 Å². The SMILES string of the molecule is NCCc1nc2ccccc2n1Cc1ncccn1. The van der Waals surface area contributed by atoms with Crippen molar-refractivity contribution in [1.82, 2.24) is 19.5 Å². The van der Waals surface area contributed by atoms with Crippen LogP contribution >= 0.6 is 0 Å². The van der Waals surface area contributed by atoms with E-state index in [-0.39, 0.29) is 0 Å². The van der Waals surface area contributed by atoms with E-state index in [4.69, 9.17) is 5.73 Å². The van der Waals surface area contributed by atoms with E-state index in [1.807, 2.05) is 24.3 Å². The Morgan fingerprint density at radius 3 is 2.63 bits per heavy atom. The zero-order chi connectivity index (χ0) is 13.1. The second-order valence-corrected chi connectivity index (χ2v) is 4.31. The first kappa shape index (κ1) is 11.8. The summed E-state index contributed by atoms with van der Waals surface area (Å²) in [6.45, 7) is 1.20. The third kappa shape index (κ3) is 2.32. The lowest BCUT2D eigenvalue weighted by Gasteiger charge is -2.07. The molecule has 0 unspecified atom stereocenters. The summed E-state index contributed by atoms with van der Waals surface area (Å²) in [5.41, 5.74) is 7.74. The summed E-state index contributed by atoms with van der Waals surface area (Å²) >= 11 is 0. The number of rotatable bonds is 4. The summed E-state index contributed by atoms with van der Waals surface area (Å²) in [5.74, 6) is 1.76. The normalized spacial score (nSPS) is 11.0. The molecule has 3 aromatic rings. The van der Waals surface area contributed by atoms with Crippen molar-refractivity contribution < 1.29 is 0 Å². The molecule has 5 nitrogen and oxygen atoms in total. The minimum absolute atomic E-state index is 0.582. The van der Waals surface area contributed by atoms with Gasteiger partial charge in [-0.25, -0.2) is 15.0 Å². The van der Waals surface area contributed by atoms with Crippen LogP contribution in [0, 0.1) is 0 Å². The standard InChI is InChI=1S/C14H15N5/c15-7-6-14-18-11-4-1-2-5-12(11)19(14)10-13-16-8-3-9-17-13/h1-5,8-9H,6-7,10,15H2. The molecule has 0 spiro atoms. The number of hydrogen-bond acceptors (Lipinski definition) is 4. The Labute approximate surface area is 111 Å². The number of imidazole rings is 1. The van der Waals surface area contributed by atoms with Crippen LogP contribution in [-0.2, 0) is 13.0 Å². The van der Waals surface area contributed by atoms with Crippen molar-refractivity contribution in [3.05, 3.63) is 54.4 Å². The van der Waals surface area contributed by atoms with Crippen LogP contribution < -0.4 is 5.73 Å². The van der Waals surface area contributed by atoms with E-state index in [1.165, 1.54) is 0 Å². The molecule has 0 saturated carbocycles. The van der Waals surface area contributed by atoms with E-state index >= 15 is 0 Å². The summed E-state index contributed by atoms with van der Waals surface area (Å²) in [6.07, 6.45) is 4.26. The number of benzene rings is 1. The largest absolute Gasteiger partial charge is 0.330 e. The number of hydrogen-bond donors (Lipinski definition) is 1. The van der Waals surface area contributed by atoms with E-state index in [0.717, 1.165) is 29.1 Å². The maximum Gasteiger partial charge on any atom is 0.147 e. The van der Waals surface area contributed by atoms with Gasteiger partial charge in [-0.1, -0.05) is 12.1 Å². The van der Waals surface area contributed by atoms with Gasteiger partial charge in [0, 0.05) is 18.8 Å². The molecule has 96 valence electrons. The average Bonchev–Trinajstić information content (AvgIpc) is 2.79. The van der Waals surface area contributed by atoms with E-state index in [0.29, 0.717) is 13.1 Å². The average molecular weight is 253 g/mol. The molecule has 0 atom stereocenters. The molecule has 3 rings (SSSR count). The van der Waals surface area contributed by atoms with Crippen LogP contribution in [-0.4, -0.2) is 26.1 Å². The first-order chi connectivity index (χ1) is 9.38. The van der Waals surface area contributed by atoms with Gasteiger partial charge in [0.15, 0.2) is 0 Å². The number of aromatic nitrogens is 4. The number of fused-ring (bicyclic) bond motifs is 1. The predicted molar refractivity (Wildman–Crippen MR) is 73.6 cm³/mol. The molecule has 2 aromatic heterocycles. The van der Waals surface area contributed by atoms with E-state index in [1.54, 1.807) is 12.4 Å². The van der Waals surface area contributed by atoms with Crippen molar-refractivity contribution in [1.29, 1.82) is 0 Å². The Morgan fingerprint density at radius 1 is 1.05 bits per heavy atom. The molecule has 2 N–H and O–H groups in total. The highest BCUT2D eigenvalue weighted by molar-refractivity contribution is 5.76. The van der Waals surface area contributed by atoms with Gasteiger partial charge in [-0.2, -0.15) is 0 Å². The van der Waals surface area contributed by atoms with Crippen LogP contribution in [0.3, 0.4) is 0 Å². The molecule has 0 amide bonds. The molecule has 0 aliphatic carbocycles. The van der Waals surface area contributed by atoms with Crippen molar-refractivity contribution in [3.8, 4) is 0 Å². The molecule has 0 aliphatic rings. The van der Waals surface area contributed by atoms with Crippen LogP contribution in [0.15, 0.2) is 42.7 Å². The molecule has 0 fully saturated rings. The van der Waals surface area contributed by atoms with E-state index in [9.17, 15) is 0 Å². The highest BCUT2D eigenvalue weighted by Crippen LogP contribution is 2.17. The molecule has 5 heteroatoms. The summed E-state index contributed by atoms with van der Waals surface area (Å²) in [7, 11) is 0. The molecule has 0 radical (unpaired) electrons. The second kappa shape index (κ2) is 5.16. The Balaban J connectivity index is 2.07. The van der Waals surface area contributed by atoms with Crippen molar-refractivity contribution in [2.24, 2.45) is 5.73 Å². The fourth-order valence-electron chi connectivity index (χ4n) is 2.17. The maximum absolute atomic E-state index is 5.66. The molecule has 19 heavy (non-hydrogen) atoms. The van der Waals surface area contributed by atoms with Gasteiger partial charge in [0.05, 0.1) is 17.6 Å². The number of nitrogens with zero attached hydrogens (tertiary/aromatic N) is 4. The highest BCUT2D eigenvalue weighted by atomic mass is 15.1. The monoisotopic (exact) mass is 253 g/mol. The zero-order valence-corrected chi connectivity index (χ0v) is 10.5. The highest BCUT2D eigenvalue weighted by Gasteiger charge is 2.10. The van der Waals surface area contributed by atoms with Gasteiger partial charge in [-0.3, -0.25) is 0 Å². The van der Waals surface area contributed by atoms with E-state index in [2.05, 4.69) is 25.6 Å².